The Hall–Kier alpha value is -1.30. The van der Waals surface area contributed by atoms with Gasteiger partial charge in [-0.05, 0) is 94.2 Å². The molecule has 0 radical (unpaired) electrons. The van der Waals surface area contributed by atoms with Crippen molar-refractivity contribution in [1.82, 2.24) is 4.90 Å². The molecule has 4 N–H and O–H groups in total. The minimum Gasteiger partial charge on any atom is -0.459 e. The van der Waals surface area contributed by atoms with Gasteiger partial charge in [-0.15, -0.1) is 0 Å². The van der Waals surface area contributed by atoms with Gasteiger partial charge in [-0.2, -0.15) is 17.0 Å². The van der Waals surface area contributed by atoms with Gasteiger partial charge >= 0.3 is 5.97 Å². The van der Waals surface area contributed by atoms with E-state index in [1.807, 2.05) is 0 Å². The predicted molar refractivity (Wildman–Crippen MR) is 145 cm³/mol. The molecular weight excluding hydrogens is 460 g/mol. The van der Waals surface area contributed by atoms with Gasteiger partial charge in [0.1, 0.15) is 11.6 Å². The van der Waals surface area contributed by atoms with Crippen LogP contribution in [0.25, 0.3) is 0 Å². The summed E-state index contributed by atoms with van der Waals surface area (Å²) in [5.74, 6) is 2.49. The Morgan fingerprint density at radius 2 is 1.86 bits per heavy atom. The lowest BCUT2D eigenvalue weighted by Gasteiger charge is -2.54. The molecule has 1 heterocycles. The second-order valence-corrected chi connectivity index (χ2v) is 11.9. The lowest BCUT2D eigenvalue weighted by atomic mass is 9.56. The molecule has 0 aromatic heterocycles. The lowest BCUT2D eigenvalue weighted by molar-refractivity contribution is -0.183. The molecule has 3 rings (SSSR count). The van der Waals surface area contributed by atoms with Crippen molar-refractivity contribution in [3.05, 3.63) is 0 Å². The first-order valence-corrected chi connectivity index (χ1v) is 14.7. The van der Waals surface area contributed by atoms with E-state index in [1.54, 1.807) is 16.7 Å². The van der Waals surface area contributed by atoms with E-state index in [0.29, 0.717) is 37.1 Å². The van der Waals surface area contributed by atoms with E-state index in [2.05, 4.69) is 44.6 Å². The van der Waals surface area contributed by atoms with Crippen molar-refractivity contribution in [1.29, 1.82) is 5.26 Å². The summed E-state index contributed by atoms with van der Waals surface area (Å²) in [5.41, 5.74) is 8.41. The molecular formula is C27H50N4O3S. The van der Waals surface area contributed by atoms with E-state index >= 15 is 0 Å². The van der Waals surface area contributed by atoms with Crippen LogP contribution >= 0.6 is 11.8 Å². The number of fused-ring (bicyclic) bond motifs is 2. The van der Waals surface area contributed by atoms with Gasteiger partial charge in [0, 0.05) is 19.4 Å². The summed E-state index contributed by atoms with van der Waals surface area (Å²) in [6.07, 6.45) is 10.6. The minimum atomic E-state index is -0.416. The normalized spacial score (nSPS) is 33.4. The van der Waals surface area contributed by atoms with Crippen LogP contribution in [0.15, 0.2) is 0 Å². The van der Waals surface area contributed by atoms with E-state index in [9.17, 15) is 14.9 Å². The third-order valence-corrected chi connectivity index (χ3v) is 8.41. The van der Waals surface area contributed by atoms with Gasteiger partial charge in [-0.3, -0.25) is 9.59 Å². The van der Waals surface area contributed by atoms with Crippen molar-refractivity contribution in [3.8, 4) is 6.07 Å². The van der Waals surface area contributed by atoms with Gasteiger partial charge in [0.15, 0.2) is 0 Å². The Bertz CT molecular complexity index is 715. The number of rotatable bonds is 8. The molecule has 1 aliphatic heterocycles. The number of carbonyl (C=O) groups excluding carboxylic acids is 2. The summed E-state index contributed by atoms with van der Waals surface area (Å²) in [7, 11) is 3.00. The zero-order chi connectivity index (χ0) is 26.6. The van der Waals surface area contributed by atoms with E-state index in [-0.39, 0.29) is 23.3 Å². The van der Waals surface area contributed by atoms with Crippen LogP contribution in [0.3, 0.4) is 0 Å². The molecule has 1 amide bonds. The molecule has 7 nitrogen and oxygen atoms in total. The fourth-order valence-electron chi connectivity index (χ4n) is 6.75. The molecule has 1 saturated heterocycles. The van der Waals surface area contributed by atoms with E-state index in [0.717, 1.165) is 50.7 Å². The van der Waals surface area contributed by atoms with Gasteiger partial charge in [-0.25, -0.2) is 0 Å². The smallest absolute Gasteiger partial charge is 0.306 e. The predicted octanol–water partition coefficient (Wildman–Crippen LogP) is 4.34. The third-order valence-electron chi connectivity index (χ3n) is 7.71. The first-order chi connectivity index (χ1) is 16.7. The van der Waals surface area contributed by atoms with Crippen LogP contribution in [0.1, 0.15) is 85.0 Å². The standard InChI is InChI=1S/C25H40N2O3S.2CH5N/c1-5-19-10-20-11-24(3,14-22(28)27-16-18(2)9-21(27)15-26)17-25(12-19,13-20)30-23(29)7-6-8-31-4;2*1-2/h18-21H,5-14,16-17H2,1-4H3;2*2H2,1H3. The number of ether oxygens (including phenoxy) is 1. The molecule has 6 unspecified atom stereocenters. The summed E-state index contributed by atoms with van der Waals surface area (Å²) < 4.78 is 6.26. The molecule has 3 aliphatic rings. The number of carbonyl (C=O) groups is 2. The van der Waals surface area contributed by atoms with Gasteiger partial charge in [0.05, 0.1) is 6.07 Å². The highest BCUT2D eigenvalue weighted by atomic mass is 32.2. The summed E-state index contributed by atoms with van der Waals surface area (Å²) in [5, 5.41) is 9.49. The SMILES string of the molecule is CCC1CC2CC(C)(CC(=O)N3CC(C)CC3C#N)CC(OC(=O)CCCSC)(C1)C2.CN.CN. The molecule has 3 fully saturated rings. The monoisotopic (exact) mass is 510 g/mol. The summed E-state index contributed by atoms with van der Waals surface area (Å²) in [4.78, 5) is 27.7. The quantitative estimate of drug-likeness (QED) is 0.368. The molecule has 0 aromatic carbocycles. The molecule has 2 aliphatic carbocycles. The Morgan fingerprint density at radius 3 is 2.46 bits per heavy atom. The minimum absolute atomic E-state index is 0.0713. The average molecular weight is 511 g/mol. The number of esters is 1. The largest absolute Gasteiger partial charge is 0.459 e. The molecule has 8 heteroatoms. The van der Waals surface area contributed by atoms with Crippen LogP contribution in [0, 0.1) is 34.5 Å². The third kappa shape index (κ3) is 8.94. The maximum atomic E-state index is 13.2. The van der Waals surface area contributed by atoms with Crippen LogP contribution in [-0.2, 0) is 14.3 Å². The number of likely N-dealkylation sites (tertiary alicyclic amines) is 1. The van der Waals surface area contributed by atoms with E-state index < -0.39 is 5.60 Å². The van der Waals surface area contributed by atoms with Crippen LogP contribution < -0.4 is 11.5 Å². The number of nitriles is 1. The maximum Gasteiger partial charge on any atom is 0.306 e. The Balaban J connectivity index is 0.00000145. The molecule has 0 aromatic rings. The number of nitrogens with zero attached hydrogens (tertiary/aromatic N) is 2. The number of amides is 1. The maximum absolute atomic E-state index is 13.2. The Labute approximate surface area is 218 Å². The zero-order valence-corrected chi connectivity index (χ0v) is 23.8. The highest BCUT2D eigenvalue weighted by Crippen LogP contribution is 2.56. The van der Waals surface area contributed by atoms with Crippen LogP contribution in [0.5, 0.6) is 0 Å². The van der Waals surface area contributed by atoms with Crippen molar-refractivity contribution in [2.75, 3.05) is 32.6 Å². The highest BCUT2D eigenvalue weighted by Gasteiger charge is 2.53. The molecule has 202 valence electrons. The van der Waals surface area contributed by atoms with Crippen LogP contribution in [0.4, 0.5) is 0 Å². The summed E-state index contributed by atoms with van der Waals surface area (Å²) in [6, 6.07) is 2.03. The molecule has 6 atom stereocenters. The number of hydrogen-bond donors (Lipinski definition) is 2. The van der Waals surface area contributed by atoms with Crippen molar-refractivity contribution < 1.29 is 14.3 Å². The number of thioether (sulfide) groups is 1. The van der Waals surface area contributed by atoms with E-state index in [4.69, 9.17) is 4.74 Å². The fourth-order valence-corrected chi connectivity index (χ4v) is 7.18. The number of hydrogen-bond acceptors (Lipinski definition) is 7. The van der Waals surface area contributed by atoms with Gasteiger partial charge in [0.25, 0.3) is 0 Å². The van der Waals surface area contributed by atoms with Crippen LogP contribution in [0.2, 0.25) is 0 Å². The number of nitrogens with two attached hydrogens (primary N) is 2. The molecule has 2 bridgehead atoms. The topological polar surface area (TPSA) is 122 Å². The average Bonchev–Trinajstić information content (AvgIpc) is 3.21. The van der Waals surface area contributed by atoms with Crippen molar-refractivity contribution in [3.63, 3.8) is 0 Å². The van der Waals surface area contributed by atoms with Crippen molar-refractivity contribution in [2.45, 2.75) is 96.6 Å². The molecule has 2 saturated carbocycles. The summed E-state index contributed by atoms with van der Waals surface area (Å²) >= 11 is 1.76. The second kappa shape index (κ2) is 15.1. The molecule has 0 spiro atoms. The van der Waals surface area contributed by atoms with Gasteiger partial charge in [-0.1, -0.05) is 27.2 Å². The van der Waals surface area contributed by atoms with Crippen LogP contribution in [-0.4, -0.2) is 61.1 Å². The van der Waals surface area contributed by atoms with Crippen molar-refractivity contribution >= 4 is 23.6 Å². The molecule has 35 heavy (non-hydrogen) atoms. The second-order valence-electron chi connectivity index (χ2n) is 10.9. The first-order valence-electron chi connectivity index (χ1n) is 13.3. The fraction of sp³-hybridized carbons (Fsp3) is 0.889. The Morgan fingerprint density at radius 1 is 1.17 bits per heavy atom. The van der Waals surface area contributed by atoms with E-state index in [1.165, 1.54) is 20.5 Å². The van der Waals surface area contributed by atoms with Gasteiger partial charge < -0.3 is 21.1 Å². The Kier molecular flexibility index (Phi) is 13.7. The highest BCUT2D eigenvalue weighted by molar-refractivity contribution is 7.98. The first kappa shape index (κ1) is 31.7. The lowest BCUT2D eigenvalue weighted by Crippen LogP contribution is -2.52. The summed E-state index contributed by atoms with van der Waals surface area (Å²) in [6.45, 7) is 7.24. The van der Waals surface area contributed by atoms with Gasteiger partial charge in [0.2, 0.25) is 5.91 Å². The van der Waals surface area contributed by atoms with Crippen molar-refractivity contribution in [2.24, 2.45) is 34.6 Å². The zero-order valence-electron chi connectivity index (χ0n) is 23.0.